The quantitative estimate of drug-likeness (QED) is 0.820. The van der Waals surface area contributed by atoms with Crippen LogP contribution in [0.5, 0.6) is 11.5 Å². The molecule has 2 rings (SSSR count). The zero-order chi connectivity index (χ0) is 16.3. The Kier molecular flexibility index (Phi) is 5.58. The standard InChI is InChI=1S/C15H22ClNO4S/c1-17(11-7-5-4-6-8-11)22(18,19)15-10-13(20-2)12(16)9-14(15)21-3/h9-11H,4-8H2,1-3H3. The van der Waals surface area contributed by atoms with Gasteiger partial charge in [0.25, 0.3) is 0 Å². The summed E-state index contributed by atoms with van der Waals surface area (Å²) in [6, 6.07) is 2.93. The number of halogens is 1. The van der Waals surface area contributed by atoms with Crippen LogP contribution in [0.4, 0.5) is 0 Å². The molecule has 5 nitrogen and oxygen atoms in total. The molecule has 0 amide bonds. The van der Waals surface area contributed by atoms with E-state index in [9.17, 15) is 8.42 Å². The van der Waals surface area contributed by atoms with Gasteiger partial charge in [-0.15, -0.1) is 0 Å². The molecule has 0 unspecified atom stereocenters. The van der Waals surface area contributed by atoms with Gasteiger partial charge in [-0.2, -0.15) is 4.31 Å². The van der Waals surface area contributed by atoms with Gasteiger partial charge in [0.1, 0.15) is 16.4 Å². The molecule has 1 aliphatic rings. The van der Waals surface area contributed by atoms with Crippen LogP contribution in [0.3, 0.4) is 0 Å². The fourth-order valence-electron chi connectivity index (χ4n) is 2.83. The minimum atomic E-state index is -3.66. The fraction of sp³-hybridized carbons (Fsp3) is 0.600. The van der Waals surface area contributed by atoms with Gasteiger partial charge in [-0.25, -0.2) is 8.42 Å². The third-order valence-electron chi connectivity index (χ3n) is 4.18. The van der Waals surface area contributed by atoms with Crippen LogP contribution in [0, 0.1) is 0 Å². The predicted octanol–water partition coefficient (Wildman–Crippen LogP) is 3.31. The molecule has 22 heavy (non-hydrogen) atoms. The predicted molar refractivity (Wildman–Crippen MR) is 86.4 cm³/mol. The lowest BCUT2D eigenvalue weighted by Gasteiger charge is -2.30. The van der Waals surface area contributed by atoms with Gasteiger partial charge in [0.15, 0.2) is 0 Å². The maximum Gasteiger partial charge on any atom is 0.246 e. The van der Waals surface area contributed by atoms with E-state index in [4.69, 9.17) is 21.1 Å². The Bertz CT molecular complexity index is 627. The smallest absolute Gasteiger partial charge is 0.246 e. The Hall–Kier alpha value is -0.980. The van der Waals surface area contributed by atoms with Crippen molar-refractivity contribution in [3.8, 4) is 11.5 Å². The highest BCUT2D eigenvalue weighted by atomic mass is 35.5. The van der Waals surface area contributed by atoms with E-state index in [1.54, 1.807) is 7.05 Å². The van der Waals surface area contributed by atoms with Crippen molar-refractivity contribution in [3.05, 3.63) is 17.2 Å². The third kappa shape index (κ3) is 3.34. The van der Waals surface area contributed by atoms with Gasteiger partial charge >= 0.3 is 0 Å². The van der Waals surface area contributed by atoms with Crippen molar-refractivity contribution in [2.45, 2.75) is 43.0 Å². The molecule has 1 aromatic rings. The number of ether oxygens (including phenoxy) is 2. The number of sulfonamides is 1. The zero-order valence-electron chi connectivity index (χ0n) is 13.1. The summed E-state index contributed by atoms with van der Waals surface area (Å²) >= 11 is 6.05. The minimum Gasteiger partial charge on any atom is -0.495 e. The van der Waals surface area contributed by atoms with Crippen LogP contribution in [0.2, 0.25) is 5.02 Å². The maximum atomic E-state index is 12.9. The molecule has 0 bridgehead atoms. The van der Waals surface area contributed by atoms with Gasteiger partial charge < -0.3 is 9.47 Å². The Balaban J connectivity index is 2.43. The van der Waals surface area contributed by atoms with E-state index in [1.807, 2.05) is 0 Å². The van der Waals surface area contributed by atoms with E-state index < -0.39 is 10.0 Å². The third-order valence-corrected chi connectivity index (χ3v) is 6.41. The molecule has 1 aliphatic carbocycles. The minimum absolute atomic E-state index is 0.0325. The second-order valence-corrected chi connectivity index (χ2v) is 7.82. The average Bonchev–Trinajstić information content (AvgIpc) is 2.54. The molecule has 0 aliphatic heterocycles. The Labute approximate surface area is 137 Å². The molecule has 0 saturated heterocycles. The maximum absolute atomic E-state index is 12.9. The summed E-state index contributed by atoms with van der Waals surface area (Å²) in [5.74, 6) is 0.548. The first-order chi connectivity index (χ1) is 10.4. The van der Waals surface area contributed by atoms with Gasteiger partial charge in [-0.1, -0.05) is 30.9 Å². The molecule has 7 heteroatoms. The Morgan fingerprint density at radius 3 is 2.23 bits per heavy atom. The van der Waals surface area contributed by atoms with E-state index in [-0.39, 0.29) is 16.7 Å². The summed E-state index contributed by atoms with van der Waals surface area (Å²) in [6.07, 6.45) is 5.07. The topological polar surface area (TPSA) is 55.8 Å². The van der Waals surface area contributed by atoms with Gasteiger partial charge in [0.2, 0.25) is 10.0 Å². The lowest BCUT2D eigenvalue weighted by molar-refractivity contribution is 0.284. The summed E-state index contributed by atoms with van der Waals surface area (Å²) in [7, 11) is 0.851. The van der Waals surface area contributed by atoms with E-state index in [0.29, 0.717) is 10.8 Å². The SMILES string of the molecule is COc1cc(S(=O)(=O)N(C)C2CCCCC2)c(OC)cc1Cl. The summed E-state index contributed by atoms with van der Waals surface area (Å²) in [5, 5.41) is 0.318. The van der Waals surface area contributed by atoms with Crippen molar-refractivity contribution < 1.29 is 17.9 Å². The monoisotopic (exact) mass is 347 g/mol. The van der Waals surface area contributed by atoms with E-state index in [0.717, 1.165) is 25.7 Å². The Morgan fingerprint density at radius 2 is 1.68 bits per heavy atom. The molecule has 1 saturated carbocycles. The summed E-state index contributed by atoms with van der Waals surface area (Å²) in [4.78, 5) is 0.0873. The van der Waals surface area contributed by atoms with E-state index in [2.05, 4.69) is 0 Å². The van der Waals surface area contributed by atoms with Crippen LogP contribution in [0.1, 0.15) is 32.1 Å². The first-order valence-corrected chi connectivity index (χ1v) is 9.13. The summed E-state index contributed by atoms with van der Waals surface area (Å²) in [5.41, 5.74) is 0. The molecule has 0 spiro atoms. The van der Waals surface area contributed by atoms with Gasteiger partial charge in [-0.05, 0) is 12.8 Å². The van der Waals surface area contributed by atoms with Crippen molar-refractivity contribution in [2.24, 2.45) is 0 Å². The van der Waals surface area contributed by atoms with Gasteiger partial charge in [-0.3, -0.25) is 0 Å². The number of benzene rings is 1. The van der Waals surface area contributed by atoms with E-state index >= 15 is 0 Å². The number of hydrogen-bond acceptors (Lipinski definition) is 4. The van der Waals surface area contributed by atoms with Crippen molar-refractivity contribution in [2.75, 3.05) is 21.3 Å². The van der Waals surface area contributed by atoms with Crippen LogP contribution < -0.4 is 9.47 Å². The van der Waals surface area contributed by atoms with Gasteiger partial charge in [0.05, 0.1) is 19.2 Å². The lowest BCUT2D eigenvalue weighted by Crippen LogP contribution is -2.38. The first-order valence-electron chi connectivity index (χ1n) is 7.31. The molecule has 0 radical (unpaired) electrons. The largest absolute Gasteiger partial charge is 0.495 e. The molecule has 0 heterocycles. The molecule has 0 aromatic heterocycles. The van der Waals surface area contributed by atoms with Crippen molar-refractivity contribution >= 4 is 21.6 Å². The van der Waals surface area contributed by atoms with Crippen molar-refractivity contribution in [3.63, 3.8) is 0 Å². The first kappa shape index (κ1) is 17.4. The molecule has 0 atom stereocenters. The second kappa shape index (κ2) is 7.06. The van der Waals surface area contributed by atoms with Gasteiger partial charge in [0, 0.05) is 25.2 Å². The molecular weight excluding hydrogens is 326 g/mol. The zero-order valence-corrected chi connectivity index (χ0v) is 14.7. The Morgan fingerprint density at radius 1 is 1.09 bits per heavy atom. The van der Waals surface area contributed by atoms with Crippen LogP contribution in [0.15, 0.2) is 17.0 Å². The van der Waals surface area contributed by atoms with Crippen LogP contribution in [0.25, 0.3) is 0 Å². The summed E-state index contributed by atoms with van der Waals surface area (Å²) < 4.78 is 37.7. The molecule has 0 N–H and O–H groups in total. The van der Waals surface area contributed by atoms with Crippen LogP contribution in [-0.2, 0) is 10.0 Å². The van der Waals surface area contributed by atoms with Crippen molar-refractivity contribution in [1.29, 1.82) is 0 Å². The molecular formula is C15H22ClNO4S. The summed E-state index contributed by atoms with van der Waals surface area (Å²) in [6.45, 7) is 0. The normalized spacial score (nSPS) is 16.8. The highest BCUT2D eigenvalue weighted by Crippen LogP contribution is 2.37. The van der Waals surface area contributed by atoms with Crippen LogP contribution >= 0.6 is 11.6 Å². The second-order valence-electron chi connectivity index (χ2n) is 5.45. The molecule has 1 aromatic carbocycles. The fourth-order valence-corrected chi connectivity index (χ4v) is 4.63. The van der Waals surface area contributed by atoms with Crippen molar-refractivity contribution in [1.82, 2.24) is 4.31 Å². The van der Waals surface area contributed by atoms with Crippen LogP contribution in [-0.4, -0.2) is 40.0 Å². The highest BCUT2D eigenvalue weighted by Gasteiger charge is 2.32. The number of rotatable bonds is 5. The number of hydrogen-bond donors (Lipinski definition) is 0. The number of nitrogens with zero attached hydrogens (tertiary/aromatic N) is 1. The lowest BCUT2D eigenvalue weighted by atomic mass is 9.96. The molecule has 124 valence electrons. The highest BCUT2D eigenvalue weighted by molar-refractivity contribution is 7.89. The molecule has 1 fully saturated rings. The number of methoxy groups -OCH3 is 2. The average molecular weight is 348 g/mol. The van der Waals surface area contributed by atoms with E-state index in [1.165, 1.54) is 37.1 Å².